The molecule has 1 saturated heterocycles. The standard InChI is InChI=1S/C13H14N2O4/c16-9-3-4-15(6-9)13(18)8-1-2-10-11(5-8)19-7-12(17)14-10/h1-2,5,9,16H,3-4,6-7H2,(H,14,17)/t9-/m1/s1. The molecular weight excluding hydrogens is 248 g/mol. The zero-order chi connectivity index (χ0) is 13.4. The Balaban J connectivity index is 1.82. The van der Waals surface area contributed by atoms with E-state index in [1.54, 1.807) is 23.1 Å². The van der Waals surface area contributed by atoms with Crippen LogP contribution in [0.15, 0.2) is 18.2 Å². The van der Waals surface area contributed by atoms with Gasteiger partial charge in [-0.25, -0.2) is 0 Å². The summed E-state index contributed by atoms with van der Waals surface area (Å²) in [4.78, 5) is 25.0. The first kappa shape index (κ1) is 12.0. The Morgan fingerprint density at radius 1 is 1.47 bits per heavy atom. The molecule has 0 aliphatic carbocycles. The van der Waals surface area contributed by atoms with Crippen LogP contribution in [0, 0.1) is 0 Å². The summed E-state index contributed by atoms with van der Waals surface area (Å²) in [6, 6.07) is 4.94. The maximum absolute atomic E-state index is 12.2. The number of anilines is 1. The van der Waals surface area contributed by atoms with E-state index in [0.717, 1.165) is 0 Å². The average molecular weight is 262 g/mol. The van der Waals surface area contributed by atoms with Crippen molar-refractivity contribution in [3.05, 3.63) is 23.8 Å². The molecule has 6 nitrogen and oxygen atoms in total. The molecule has 2 amide bonds. The van der Waals surface area contributed by atoms with E-state index < -0.39 is 6.10 Å². The number of β-amino-alcohol motifs (C(OH)–C–C–N with tert-alkyl or cyclic N) is 1. The maximum Gasteiger partial charge on any atom is 0.262 e. The van der Waals surface area contributed by atoms with Crippen molar-refractivity contribution in [3.63, 3.8) is 0 Å². The molecule has 2 heterocycles. The van der Waals surface area contributed by atoms with E-state index in [0.29, 0.717) is 36.5 Å². The Bertz CT molecular complexity index is 543. The maximum atomic E-state index is 12.2. The molecule has 2 N–H and O–H groups in total. The highest BCUT2D eigenvalue weighted by molar-refractivity contribution is 5.99. The second-order valence-electron chi connectivity index (χ2n) is 4.74. The van der Waals surface area contributed by atoms with Gasteiger partial charge in [0.2, 0.25) is 0 Å². The number of carbonyl (C=O) groups excluding carboxylic acids is 2. The molecule has 19 heavy (non-hydrogen) atoms. The molecular formula is C13H14N2O4. The molecule has 1 aromatic carbocycles. The van der Waals surface area contributed by atoms with E-state index in [9.17, 15) is 14.7 Å². The number of carbonyl (C=O) groups is 2. The van der Waals surface area contributed by atoms with Gasteiger partial charge in [0.05, 0.1) is 11.8 Å². The first-order valence-corrected chi connectivity index (χ1v) is 6.17. The summed E-state index contributed by atoms with van der Waals surface area (Å²) in [6.45, 7) is 0.898. The molecule has 1 fully saturated rings. The molecule has 1 aromatic rings. The highest BCUT2D eigenvalue weighted by Gasteiger charge is 2.26. The molecule has 0 bridgehead atoms. The number of aliphatic hydroxyl groups excluding tert-OH is 1. The monoisotopic (exact) mass is 262 g/mol. The number of hydrogen-bond acceptors (Lipinski definition) is 4. The van der Waals surface area contributed by atoms with Crippen LogP contribution in [-0.4, -0.2) is 47.6 Å². The third-order valence-electron chi connectivity index (χ3n) is 3.31. The van der Waals surface area contributed by atoms with Gasteiger partial charge < -0.3 is 20.1 Å². The van der Waals surface area contributed by atoms with Crippen LogP contribution in [0.2, 0.25) is 0 Å². The number of likely N-dealkylation sites (tertiary alicyclic amines) is 1. The normalized spacial score (nSPS) is 21.6. The smallest absolute Gasteiger partial charge is 0.262 e. The SMILES string of the molecule is O=C1COc2cc(C(=O)N3CC[C@@H](O)C3)ccc2N1. The Morgan fingerprint density at radius 2 is 2.32 bits per heavy atom. The first-order valence-electron chi connectivity index (χ1n) is 6.17. The molecule has 100 valence electrons. The van der Waals surface area contributed by atoms with Gasteiger partial charge in [0, 0.05) is 18.7 Å². The third-order valence-corrected chi connectivity index (χ3v) is 3.31. The number of fused-ring (bicyclic) bond motifs is 1. The minimum Gasteiger partial charge on any atom is -0.482 e. The highest BCUT2D eigenvalue weighted by Crippen LogP contribution is 2.29. The predicted octanol–water partition coefficient (Wildman–Crippen LogP) is 0.224. The Kier molecular flexibility index (Phi) is 2.87. The fourth-order valence-corrected chi connectivity index (χ4v) is 2.32. The van der Waals surface area contributed by atoms with Gasteiger partial charge in [-0.05, 0) is 24.6 Å². The number of hydrogen-bond donors (Lipinski definition) is 2. The van der Waals surface area contributed by atoms with Gasteiger partial charge in [-0.2, -0.15) is 0 Å². The van der Waals surface area contributed by atoms with Crippen molar-refractivity contribution in [1.82, 2.24) is 4.90 Å². The van der Waals surface area contributed by atoms with Crippen molar-refractivity contribution >= 4 is 17.5 Å². The van der Waals surface area contributed by atoms with Gasteiger partial charge in [-0.3, -0.25) is 9.59 Å². The van der Waals surface area contributed by atoms with Crippen molar-refractivity contribution in [2.75, 3.05) is 25.0 Å². The van der Waals surface area contributed by atoms with Crippen molar-refractivity contribution < 1.29 is 19.4 Å². The van der Waals surface area contributed by atoms with E-state index in [1.165, 1.54) is 0 Å². The predicted molar refractivity (Wildman–Crippen MR) is 67.1 cm³/mol. The molecule has 0 radical (unpaired) electrons. The lowest BCUT2D eigenvalue weighted by Gasteiger charge is -2.20. The lowest BCUT2D eigenvalue weighted by atomic mass is 10.1. The van der Waals surface area contributed by atoms with E-state index in [1.807, 2.05) is 0 Å². The summed E-state index contributed by atoms with van der Waals surface area (Å²) in [7, 11) is 0. The molecule has 6 heteroatoms. The lowest BCUT2D eigenvalue weighted by molar-refractivity contribution is -0.118. The summed E-state index contributed by atoms with van der Waals surface area (Å²) in [5.41, 5.74) is 1.08. The second kappa shape index (κ2) is 4.55. The quantitative estimate of drug-likeness (QED) is 0.759. The zero-order valence-electron chi connectivity index (χ0n) is 10.3. The molecule has 3 rings (SSSR count). The lowest BCUT2D eigenvalue weighted by Crippen LogP contribution is -2.30. The summed E-state index contributed by atoms with van der Waals surface area (Å²) < 4.78 is 5.28. The van der Waals surface area contributed by atoms with Crippen molar-refractivity contribution in [2.45, 2.75) is 12.5 Å². The van der Waals surface area contributed by atoms with Gasteiger partial charge in [-0.15, -0.1) is 0 Å². The minimum atomic E-state index is -0.433. The number of rotatable bonds is 1. The average Bonchev–Trinajstić information content (AvgIpc) is 2.84. The number of benzene rings is 1. The summed E-state index contributed by atoms with van der Waals surface area (Å²) in [5, 5.41) is 12.1. The van der Waals surface area contributed by atoms with Crippen LogP contribution in [-0.2, 0) is 4.79 Å². The van der Waals surface area contributed by atoms with Crippen LogP contribution in [0.1, 0.15) is 16.8 Å². The fraction of sp³-hybridized carbons (Fsp3) is 0.385. The van der Waals surface area contributed by atoms with E-state index in [4.69, 9.17) is 4.74 Å². The first-order chi connectivity index (χ1) is 9.13. The molecule has 0 saturated carbocycles. The minimum absolute atomic E-state index is 0.0347. The summed E-state index contributed by atoms with van der Waals surface area (Å²) >= 11 is 0. The molecule has 0 aromatic heterocycles. The molecule has 0 unspecified atom stereocenters. The Labute approximate surface area is 110 Å². The van der Waals surface area contributed by atoms with Crippen molar-refractivity contribution in [1.29, 1.82) is 0 Å². The van der Waals surface area contributed by atoms with Gasteiger partial charge in [0.25, 0.3) is 11.8 Å². The van der Waals surface area contributed by atoms with Crippen LogP contribution in [0.3, 0.4) is 0 Å². The summed E-state index contributed by atoms with van der Waals surface area (Å²) in [5.74, 6) is 0.180. The largest absolute Gasteiger partial charge is 0.482 e. The number of nitrogens with zero attached hydrogens (tertiary/aromatic N) is 1. The number of aliphatic hydroxyl groups is 1. The third kappa shape index (κ3) is 2.26. The Morgan fingerprint density at radius 3 is 3.05 bits per heavy atom. The molecule has 0 spiro atoms. The topological polar surface area (TPSA) is 78.9 Å². The van der Waals surface area contributed by atoms with Crippen LogP contribution in [0.25, 0.3) is 0 Å². The van der Waals surface area contributed by atoms with Crippen molar-refractivity contribution in [2.24, 2.45) is 0 Å². The van der Waals surface area contributed by atoms with Crippen LogP contribution in [0.4, 0.5) is 5.69 Å². The number of ether oxygens (including phenoxy) is 1. The Hall–Kier alpha value is -2.08. The molecule has 1 atom stereocenters. The molecule has 2 aliphatic rings. The van der Waals surface area contributed by atoms with E-state index >= 15 is 0 Å². The van der Waals surface area contributed by atoms with Crippen molar-refractivity contribution in [3.8, 4) is 5.75 Å². The van der Waals surface area contributed by atoms with Gasteiger partial charge >= 0.3 is 0 Å². The van der Waals surface area contributed by atoms with Gasteiger partial charge in [-0.1, -0.05) is 0 Å². The summed E-state index contributed by atoms with van der Waals surface area (Å²) in [6.07, 6.45) is 0.181. The number of nitrogens with one attached hydrogen (secondary N) is 1. The van der Waals surface area contributed by atoms with Crippen LogP contribution >= 0.6 is 0 Å². The highest BCUT2D eigenvalue weighted by atomic mass is 16.5. The van der Waals surface area contributed by atoms with Gasteiger partial charge in [0.15, 0.2) is 6.61 Å². The second-order valence-corrected chi connectivity index (χ2v) is 4.74. The van der Waals surface area contributed by atoms with E-state index in [-0.39, 0.29) is 18.4 Å². The fourth-order valence-electron chi connectivity index (χ4n) is 2.32. The van der Waals surface area contributed by atoms with E-state index in [2.05, 4.69) is 5.32 Å². The van der Waals surface area contributed by atoms with Crippen LogP contribution in [0.5, 0.6) is 5.75 Å². The zero-order valence-corrected chi connectivity index (χ0v) is 10.3. The molecule has 2 aliphatic heterocycles. The number of amides is 2. The van der Waals surface area contributed by atoms with Gasteiger partial charge in [0.1, 0.15) is 5.75 Å². The van der Waals surface area contributed by atoms with Crippen LogP contribution < -0.4 is 10.1 Å².